The van der Waals surface area contributed by atoms with Gasteiger partial charge in [-0.05, 0) is 46.1 Å². The lowest BCUT2D eigenvalue weighted by atomic mass is 10.1. The van der Waals surface area contributed by atoms with Gasteiger partial charge in [-0.1, -0.05) is 30.3 Å². The predicted octanol–water partition coefficient (Wildman–Crippen LogP) is 4.39. The third-order valence-corrected chi connectivity index (χ3v) is 6.55. The summed E-state index contributed by atoms with van der Waals surface area (Å²) in [4.78, 5) is 21.8. The zero-order valence-electron chi connectivity index (χ0n) is 14.9. The fraction of sp³-hybridized carbons (Fsp3) is 0.143. The number of H-pyrrole nitrogens is 1. The number of aliphatic hydroxyl groups excluding tert-OH is 1. The number of thiophene rings is 1. The first-order chi connectivity index (χ1) is 13.7. The van der Waals surface area contributed by atoms with Gasteiger partial charge < -0.3 is 15.4 Å². The van der Waals surface area contributed by atoms with E-state index in [2.05, 4.69) is 31.2 Å². The molecule has 0 bridgehead atoms. The minimum absolute atomic E-state index is 0.117. The number of fused-ring (bicyclic) bond motifs is 1. The van der Waals surface area contributed by atoms with Crippen LogP contribution in [0.25, 0.3) is 21.5 Å². The molecule has 0 aliphatic heterocycles. The number of carbonyl (C=O) groups excluding carboxylic acids is 1. The number of halogens is 1. The first-order valence-electron chi connectivity index (χ1n) is 8.83. The molecular weight excluding hydrogens is 438 g/mol. The normalized spacial score (nSPS) is 12.2. The number of hydrogen-bond donors (Lipinski definition) is 3. The van der Waals surface area contributed by atoms with E-state index in [1.807, 2.05) is 54.7 Å². The third-order valence-electron chi connectivity index (χ3n) is 4.50. The number of pyridine rings is 1. The van der Waals surface area contributed by atoms with Gasteiger partial charge in [-0.2, -0.15) is 0 Å². The van der Waals surface area contributed by atoms with E-state index in [1.165, 1.54) is 11.3 Å². The third kappa shape index (κ3) is 3.87. The second kappa shape index (κ2) is 8.26. The lowest BCUT2D eigenvalue weighted by Gasteiger charge is -2.15. The van der Waals surface area contributed by atoms with Crippen LogP contribution in [-0.2, 0) is 6.42 Å². The first kappa shape index (κ1) is 18.9. The van der Waals surface area contributed by atoms with Crippen molar-refractivity contribution in [3.8, 4) is 10.4 Å². The molecule has 3 aromatic heterocycles. The van der Waals surface area contributed by atoms with Crippen molar-refractivity contribution >= 4 is 44.2 Å². The quantitative estimate of drug-likeness (QED) is 0.403. The number of hydrogen-bond acceptors (Lipinski definition) is 4. The van der Waals surface area contributed by atoms with Crippen molar-refractivity contribution in [2.75, 3.05) is 6.61 Å². The van der Waals surface area contributed by atoms with E-state index in [4.69, 9.17) is 0 Å². The van der Waals surface area contributed by atoms with Crippen LogP contribution in [0.15, 0.2) is 65.4 Å². The highest BCUT2D eigenvalue weighted by Gasteiger charge is 2.19. The van der Waals surface area contributed by atoms with E-state index in [-0.39, 0.29) is 18.6 Å². The zero-order chi connectivity index (χ0) is 19.5. The lowest BCUT2D eigenvalue weighted by Crippen LogP contribution is -2.38. The summed E-state index contributed by atoms with van der Waals surface area (Å²) in [7, 11) is 0. The Morgan fingerprint density at radius 2 is 2.07 bits per heavy atom. The highest BCUT2D eigenvalue weighted by atomic mass is 79.9. The average Bonchev–Trinajstić information content (AvgIpc) is 3.34. The number of rotatable bonds is 6. The van der Waals surface area contributed by atoms with Gasteiger partial charge in [-0.25, -0.2) is 4.98 Å². The van der Waals surface area contributed by atoms with Gasteiger partial charge in [0, 0.05) is 27.8 Å². The van der Waals surface area contributed by atoms with Gasteiger partial charge in [0.15, 0.2) is 0 Å². The zero-order valence-corrected chi connectivity index (χ0v) is 17.3. The predicted molar refractivity (Wildman–Crippen MR) is 116 cm³/mol. The summed E-state index contributed by atoms with van der Waals surface area (Å²) >= 11 is 5.00. The van der Waals surface area contributed by atoms with Crippen LogP contribution in [0.4, 0.5) is 0 Å². The highest BCUT2D eigenvalue weighted by Crippen LogP contribution is 2.39. The molecular formula is C21H18BrN3O2S. The monoisotopic (exact) mass is 455 g/mol. The lowest BCUT2D eigenvalue weighted by molar-refractivity contribution is 0.0920. The van der Waals surface area contributed by atoms with Crippen LogP contribution < -0.4 is 5.32 Å². The summed E-state index contributed by atoms with van der Waals surface area (Å²) in [5.41, 5.74) is 2.90. The van der Waals surface area contributed by atoms with Gasteiger partial charge in [-0.3, -0.25) is 4.79 Å². The van der Waals surface area contributed by atoms with Crippen molar-refractivity contribution < 1.29 is 9.90 Å². The van der Waals surface area contributed by atoms with Gasteiger partial charge in [0.2, 0.25) is 0 Å². The molecule has 0 aliphatic rings. The largest absolute Gasteiger partial charge is 0.394 e. The van der Waals surface area contributed by atoms with Gasteiger partial charge >= 0.3 is 0 Å². The van der Waals surface area contributed by atoms with E-state index in [1.54, 1.807) is 6.20 Å². The van der Waals surface area contributed by atoms with E-state index < -0.39 is 0 Å². The Hall–Kier alpha value is -2.48. The Bertz CT molecular complexity index is 1110. The van der Waals surface area contributed by atoms with Crippen molar-refractivity contribution in [2.24, 2.45) is 0 Å². The number of aromatic nitrogens is 2. The number of carbonyl (C=O) groups is 1. The topological polar surface area (TPSA) is 78.0 Å². The molecule has 0 spiro atoms. The molecule has 3 heterocycles. The minimum Gasteiger partial charge on any atom is -0.394 e. The van der Waals surface area contributed by atoms with Gasteiger partial charge in [-0.15, -0.1) is 11.3 Å². The Labute approximate surface area is 174 Å². The van der Waals surface area contributed by atoms with E-state index in [0.717, 1.165) is 31.5 Å². The summed E-state index contributed by atoms with van der Waals surface area (Å²) in [5, 5.41) is 13.6. The van der Waals surface area contributed by atoms with Gasteiger partial charge in [0.1, 0.15) is 5.65 Å². The van der Waals surface area contributed by atoms with Crippen molar-refractivity contribution in [3.05, 3.63) is 75.8 Å². The number of nitrogens with zero attached hydrogens (tertiary/aromatic N) is 1. The van der Waals surface area contributed by atoms with E-state index >= 15 is 0 Å². The second-order valence-corrected chi connectivity index (χ2v) is 8.34. The highest BCUT2D eigenvalue weighted by molar-refractivity contribution is 9.10. The molecule has 3 N–H and O–H groups in total. The van der Waals surface area contributed by atoms with Crippen LogP contribution in [0.1, 0.15) is 15.2 Å². The summed E-state index contributed by atoms with van der Waals surface area (Å²) in [6.45, 7) is -0.117. The Balaban J connectivity index is 1.56. The van der Waals surface area contributed by atoms with E-state index in [9.17, 15) is 9.90 Å². The molecule has 0 saturated carbocycles. The number of aliphatic hydroxyl groups is 1. The van der Waals surface area contributed by atoms with Crippen molar-refractivity contribution in [1.29, 1.82) is 0 Å². The Kier molecular flexibility index (Phi) is 5.57. The minimum atomic E-state index is -0.337. The SMILES string of the molecule is O=C(N[C@H](CO)Cc1ccccc1)c1cc(Br)c(-c2ccnc3[nH]ccc23)s1. The second-order valence-electron chi connectivity index (χ2n) is 6.43. The molecule has 1 aromatic carbocycles. The summed E-state index contributed by atoms with van der Waals surface area (Å²) in [6.07, 6.45) is 4.18. The molecule has 0 unspecified atom stereocenters. The van der Waals surface area contributed by atoms with Crippen LogP contribution >= 0.6 is 27.3 Å². The van der Waals surface area contributed by atoms with Crippen molar-refractivity contribution in [2.45, 2.75) is 12.5 Å². The maximum absolute atomic E-state index is 12.8. The summed E-state index contributed by atoms with van der Waals surface area (Å²) in [6, 6.07) is 15.2. The molecule has 0 fully saturated rings. The molecule has 0 saturated heterocycles. The Morgan fingerprint density at radius 1 is 1.25 bits per heavy atom. The fourth-order valence-electron chi connectivity index (χ4n) is 3.14. The number of benzene rings is 1. The van der Waals surface area contributed by atoms with Gasteiger partial charge in [0.05, 0.1) is 22.4 Å². The smallest absolute Gasteiger partial charge is 0.261 e. The first-order valence-corrected chi connectivity index (χ1v) is 10.4. The number of aromatic amines is 1. The number of amides is 1. The van der Waals surface area contributed by atoms with Crippen LogP contribution in [-0.4, -0.2) is 33.6 Å². The van der Waals surface area contributed by atoms with Gasteiger partial charge in [0.25, 0.3) is 5.91 Å². The molecule has 5 nitrogen and oxygen atoms in total. The molecule has 7 heteroatoms. The molecule has 4 rings (SSSR count). The molecule has 142 valence electrons. The van der Waals surface area contributed by atoms with Crippen molar-refractivity contribution in [1.82, 2.24) is 15.3 Å². The van der Waals surface area contributed by atoms with Crippen molar-refractivity contribution in [3.63, 3.8) is 0 Å². The van der Waals surface area contributed by atoms with Crippen LogP contribution in [0.3, 0.4) is 0 Å². The van der Waals surface area contributed by atoms with Crippen LogP contribution in [0.5, 0.6) is 0 Å². The molecule has 4 aromatic rings. The number of nitrogens with one attached hydrogen (secondary N) is 2. The summed E-state index contributed by atoms with van der Waals surface area (Å²) < 4.78 is 0.861. The molecule has 1 amide bonds. The molecule has 1 atom stereocenters. The van der Waals surface area contributed by atoms with Crippen LogP contribution in [0, 0.1) is 0 Å². The van der Waals surface area contributed by atoms with Crippen LogP contribution in [0.2, 0.25) is 0 Å². The molecule has 0 radical (unpaired) electrons. The average molecular weight is 456 g/mol. The Morgan fingerprint density at radius 3 is 2.86 bits per heavy atom. The maximum atomic E-state index is 12.8. The molecule has 0 aliphatic carbocycles. The fourth-order valence-corrected chi connectivity index (χ4v) is 4.97. The standard InChI is InChI=1S/C21H18BrN3O2S/c22-17-11-18(21(27)25-14(12-26)10-13-4-2-1-3-5-13)28-19(17)15-6-8-23-20-16(15)7-9-24-20/h1-9,11,14,26H,10,12H2,(H,23,24)(H,25,27)/t14-/m0/s1. The van der Waals surface area contributed by atoms with E-state index in [0.29, 0.717) is 11.3 Å². The maximum Gasteiger partial charge on any atom is 0.261 e. The summed E-state index contributed by atoms with van der Waals surface area (Å²) in [5.74, 6) is -0.189. The molecule has 28 heavy (non-hydrogen) atoms.